The van der Waals surface area contributed by atoms with Gasteiger partial charge in [0.05, 0.1) is 24.4 Å². The minimum Gasteiger partial charge on any atom is -0.492 e. The summed E-state index contributed by atoms with van der Waals surface area (Å²) < 4.78 is 22.6. The summed E-state index contributed by atoms with van der Waals surface area (Å²) in [5.41, 5.74) is 14.2. The summed E-state index contributed by atoms with van der Waals surface area (Å²) in [7, 11) is 1.81. The van der Waals surface area contributed by atoms with Gasteiger partial charge >= 0.3 is 0 Å². The Labute approximate surface area is 180 Å². The van der Waals surface area contributed by atoms with E-state index >= 15 is 4.39 Å². The number of fused-ring (bicyclic) bond motifs is 1. The molecule has 1 aliphatic carbocycles. The van der Waals surface area contributed by atoms with Crippen molar-refractivity contribution in [1.82, 2.24) is 20.6 Å². The third-order valence-corrected chi connectivity index (χ3v) is 6.47. The molecular formula is C22H27FN6O2. The zero-order valence-electron chi connectivity index (χ0n) is 17.6. The lowest BCUT2D eigenvalue weighted by Gasteiger charge is -2.44. The Hall–Kier alpha value is -2.96. The molecule has 1 amide bonds. The van der Waals surface area contributed by atoms with Crippen molar-refractivity contribution in [3.8, 4) is 23.1 Å². The van der Waals surface area contributed by atoms with Crippen molar-refractivity contribution >= 4 is 5.91 Å². The van der Waals surface area contributed by atoms with Crippen LogP contribution in [-0.2, 0) is 11.8 Å². The number of nitriles is 1. The molecule has 2 aromatic rings. The van der Waals surface area contributed by atoms with E-state index in [4.69, 9.17) is 10.5 Å². The largest absolute Gasteiger partial charge is 0.492 e. The molecular weight excluding hydrogens is 399 g/mol. The van der Waals surface area contributed by atoms with Crippen LogP contribution in [0.15, 0.2) is 24.4 Å². The van der Waals surface area contributed by atoms with Crippen molar-refractivity contribution < 1.29 is 13.9 Å². The van der Waals surface area contributed by atoms with Crippen LogP contribution in [0.1, 0.15) is 36.8 Å². The molecule has 0 bridgehead atoms. The Balaban J connectivity index is 1.75. The summed E-state index contributed by atoms with van der Waals surface area (Å²) in [5, 5.41) is 14.2. The number of hydrogen-bond acceptors (Lipinski definition) is 6. The highest BCUT2D eigenvalue weighted by Gasteiger charge is 2.48. The fraction of sp³-hybridized carbons (Fsp3) is 0.500. The molecule has 1 saturated carbocycles. The molecule has 8 nitrogen and oxygen atoms in total. The minimum absolute atomic E-state index is 0.149. The van der Waals surface area contributed by atoms with E-state index in [0.717, 1.165) is 11.3 Å². The van der Waals surface area contributed by atoms with E-state index in [0.29, 0.717) is 36.4 Å². The Morgan fingerprint density at radius 1 is 1.42 bits per heavy atom. The molecule has 1 aliphatic heterocycles. The molecule has 2 aliphatic rings. The monoisotopic (exact) mass is 426 g/mol. The first-order valence-electron chi connectivity index (χ1n) is 10.6. The van der Waals surface area contributed by atoms with Gasteiger partial charge in [-0.3, -0.25) is 14.9 Å². The molecule has 31 heavy (non-hydrogen) atoms. The number of halogens is 1. The van der Waals surface area contributed by atoms with E-state index in [1.807, 2.05) is 26.1 Å². The van der Waals surface area contributed by atoms with Gasteiger partial charge in [0.25, 0.3) is 0 Å². The lowest BCUT2D eigenvalue weighted by atomic mass is 9.67. The maximum Gasteiger partial charge on any atom is 0.240 e. The molecule has 0 radical (unpaired) electrons. The third-order valence-electron chi connectivity index (χ3n) is 6.47. The number of carbonyl (C=O) groups is 1. The second kappa shape index (κ2) is 8.65. The Morgan fingerprint density at radius 3 is 2.94 bits per heavy atom. The Kier molecular flexibility index (Phi) is 5.94. The zero-order valence-corrected chi connectivity index (χ0v) is 17.6. The van der Waals surface area contributed by atoms with Gasteiger partial charge in [0.15, 0.2) is 0 Å². The van der Waals surface area contributed by atoms with Gasteiger partial charge < -0.3 is 10.5 Å². The van der Waals surface area contributed by atoms with Crippen LogP contribution in [0.4, 0.5) is 4.39 Å². The predicted molar refractivity (Wildman–Crippen MR) is 112 cm³/mol. The molecule has 164 valence electrons. The van der Waals surface area contributed by atoms with Gasteiger partial charge in [-0.25, -0.2) is 9.82 Å². The fourth-order valence-electron chi connectivity index (χ4n) is 5.08. The number of nitrogens with one attached hydrogen (secondary N) is 2. The summed E-state index contributed by atoms with van der Waals surface area (Å²) in [4.78, 5) is 12.3. The summed E-state index contributed by atoms with van der Waals surface area (Å²) >= 11 is 0. The van der Waals surface area contributed by atoms with Crippen molar-refractivity contribution in [3.63, 3.8) is 0 Å². The number of ether oxygens (including phenoxy) is 1. The first kappa shape index (κ1) is 21.3. The van der Waals surface area contributed by atoms with E-state index in [-0.39, 0.29) is 30.2 Å². The lowest BCUT2D eigenvalue weighted by Crippen LogP contribution is -2.64. The number of hydrazine groups is 1. The highest BCUT2D eigenvalue weighted by atomic mass is 19.1. The highest BCUT2D eigenvalue weighted by Crippen LogP contribution is 2.46. The quantitative estimate of drug-likeness (QED) is 0.671. The van der Waals surface area contributed by atoms with Gasteiger partial charge in [0.2, 0.25) is 5.91 Å². The highest BCUT2D eigenvalue weighted by molar-refractivity contribution is 5.80. The molecule has 4 N–H and O–H groups in total. The SMILES string of the molecule is CCOc1cccc(-c2c(C3CC(F)C4C(=O)NNC(CN)C4C3)cnn2C)c1C#N. The first-order chi connectivity index (χ1) is 15.0. The fourth-order valence-corrected chi connectivity index (χ4v) is 5.08. The zero-order chi connectivity index (χ0) is 22.1. The summed E-state index contributed by atoms with van der Waals surface area (Å²) in [6.45, 7) is 2.61. The van der Waals surface area contributed by atoms with Crippen molar-refractivity contribution in [2.75, 3.05) is 13.2 Å². The minimum atomic E-state index is -1.28. The number of alkyl halides is 1. The van der Waals surface area contributed by atoms with Crippen LogP contribution in [0.2, 0.25) is 0 Å². The smallest absolute Gasteiger partial charge is 0.240 e. The van der Waals surface area contributed by atoms with Gasteiger partial charge in [-0.05, 0) is 37.7 Å². The van der Waals surface area contributed by atoms with E-state index in [1.165, 1.54) is 0 Å². The number of aryl methyl sites for hydroxylation is 1. The van der Waals surface area contributed by atoms with Gasteiger partial charge in [-0.1, -0.05) is 12.1 Å². The molecule has 9 heteroatoms. The van der Waals surface area contributed by atoms with Gasteiger partial charge in [-0.2, -0.15) is 10.4 Å². The average Bonchev–Trinajstić information content (AvgIpc) is 3.15. The lowest BCUT2D eigenvalue weighted by molar-refractivity contribution is -0.137. The number of rotatable bonds is 5. The van der Waals surface area contributed by atoms with Crippen LogP contribution in [0.25, 0.3) is 11.3 Å². The molecule has 1 saturated heterocycles. The van der Waals surface area contributed by atoms with Crippen molar-refractivity contribution in [1.29, 1.82) is 5.26 Å². The topological polar surface area (TPSA) is 118 Å². The number of benzene rings is 1. The Bertz CT molecular complexity index is 1020. The molecule has 5 atom stereocenters. The number of nitrogens with zero attached hydrogens (tertiary/aromatic N) is 3. The van der Waals surface area contributed by atoms with Crippen LogP contribution in [-0.4, -0.2) is 41.1 Å². The van der Waals surface area contributed by atoms with Crippen LogP contribution < -0.4 is 21.3 Å². The van der Waals surface area contributed by atoms with Gasteiger partial charge in [-0.15, -0.1) is 0 Å². The number of nitrogens with two attached hydrogens (primary N) is 1. The normalized spacial score (nSPS) is 27.8. The molecule has 4 rings (SSSR count). The molecule has 1 aromatic heterocycles. The number of amides is 1. The van der Waals surface area contributed by atoms with Crippen LogP contribution in [0.5, 0.6) is 5.75 Å². The number of aromatic nitrogens is 2. The molecule has 2 fully saturated rings. The van der Waals surface area contributed by atoms with E-state index < -0.39 is 12.1 Å². The summed E-state index contributed by atoms with van der Waals surface area (Å²) in [5.74, 6) is -0.877. The third kappa shape index (κ3) is 3.66. The second-order valence-corrected chi connectivity index (χ2v) is 8.15. The van der Waals surface area contributed by atoms with E-state index in [1.54, 1.807) is 16.9 Å². The molecule has 2 heterocycles. The van der Waals surface area contributed by atoms with Crippen molar-refractivity contribution in [2.24, 2.45) is 24.6 Å². The van der Waals surface area contributed by atoms with E-state index in [2.05, 4.69) is 22.0 Å². The van der Waals surface area contributed by atoms with Crippen LogP contribution in [0, 0.1) is 23.2 Å². The maximum atomic E-state index is 15.2. The molecule has 0 spiro atoms. The van der Waals surface area contributed by atoms with E-state index in [9.17, 15) is 10.1 Å². The standard InChI is InChI=1S/C22H27FN6O2/c1-3-31-19-6-4-5-13(15(19)9-24)21-16(11-26-29(21)2)12-7-14-18(10-25)27-28-22(30)20(14)17(23)8-12/h4-6,11-12,14,17-18,20,27H,3,7-8,10,25H2,1-2H3,(H,28,30). The number of hydrogen-bond donors (Lipinski definition) is 3. The molecule has 5 unspecified atom stereocenters. The van der Waals surface area contributed by atoms with Gasteiger partial charge in [0, 0.05) is 30.8 Å². The van der Waals surface area contributed by atoms with Crippen LogP contribution >= 0.6 is 0 Å². The summed E-state index contributed by atoms with van der Waals surface area (Å²) in [6, 6.07) is 7.52. The number of carbonyl (C=O) groups excluding carboxylic acids is 1. The maximum absolute atomic E-state index is 15.2. The van der Waals surface area contributed by atoms with Crippen molar-refractivity contribution in [2.45, 2.75) is 37.9 Å². The Morgan fingerprint density at radius 2 is 2.23 bits per heavy atom. The average molecular weight is 426 g/mol. The summed E-state index contributed by atoms with van der Waals surface area (Å²) in [6.07, 6.45) is 1.30. The predicted octanol–water partition coefficient (Wildman–Crippen LogP) is 1.77. The van der Waals surface area contributed by atoms with Gasteiger partial charge in [0.1, 0.15) is 23.6 Å². The first-order valence-corrected chi connectivity index (χ1v) is 10.6. The van der Waals surface area contributed by atoms with Crippen molar-refractivity contribution in [3.05, 3.63) is 35.5 Å². The van der Waals surface area contributed by atoms with Crippen LogP contribution in [0.3, 0.4) is 0 Å². The molecule has 1 aromatic carbocycles. The second-order valence-electron chi connectivity index (χ2n) is 8.15.